The Bertz CT molecular complexity index is 1140. The Morgan fingerprint density at radius 3 is 2.00 bits per heavy atom. The standard InChI is InChI=1S/C22H19F2N3O3/c1-10(22(29)30)15-8-16(23)18(17(24)9-15)13-4-6-14(7-5-13)19-11(2)26-12(3)20(27-19)21(25)28/h4-10H,1-3H3,(H2,25,28)(H,29,30). The second-order valence-corrected chi connectivity index (χ2v) is 6.95. The SMILES string of the molecule is Cc1nc(C)c(-c2ccc(-c3c(F)cc(C(C)C(=O)O)cc3F)cc2)nc1C(N)=O. The average molecular weight is 411 g/mol. The summed E-state index contributed by atoms with van der Waals surface area (Å²) in [5.41, 5.74) is 7.49. The summed E-state index contributed by atoms with van der Waals surface area (Å²) in [5, 5.41) is 9.05. The molecule has 3 rings (SSSR count). The number of carboxylic acids is 1. The minimum absolute atomic E-state index is 0.0439. The molecule has 1 atom stereocenters. The van der Waals surface area contributed by atoms with Crippen LogP contribution in [0.2, 0.25) is 0 Å². The third-order valence-corrected chi connectivity index (χ3v) is 4.86. The molecule has 1 aromatic heterocycles. The lowest BCUT2D eigenvalue weighted by atomic mass is 9.95. The predicted octanol–water partition coefficient (Wildman–Crippen LogP) is 3.99. The van der Waals surface area contributed by atoms with E-state index in [1.165, 1.54) is 19.1 Å². The number of aliphatic carboxylic acids is 1. The van der Waals surface area contributed by atoms with Gasteiger partial charge in [-0.15, -0.1) is 0 Å². The van der Waals surface area contributed by atoms with Crippen molar-refractivity contribution in [3.8, 4) is 22.4 Å². The highest BCUT2D eigenvalue weighted by atomic mass is 19.1. The molecule has 1 amide bonds. The number of hydrogen-bond donors (Lipinski definition) is 2. The summed E-state index contributed by atoms with van der Waals surface area (Å²) in [6.45, 7) is 4.72. The summed E-state index contributed by atoms with van der Waals surface area (Å²) in [6, 6.07) is 8.31. The highest BCUT2D eigenvalue weighted by Gasteiger charge is 2.20. The van der Waals surface area contributed by atoms with Crippen molar-refractivity contribution in [1.29, 1.82) is 0 Å². The molecule has 0 saturated carbocycles. The number of hydrogen-bond acceptors (Lipinski definition) is 4. The van der Waals surface area contributed by atoms with Gasteiger partial charge in [-0.3, -0.25) is 14.6 Å². The Labute approximate surface area is 171 Å². The van der Waals surface area contributed by atoms with E-state index in [0.29, 0.717) is 22.6 Å². The molecule has 3 N–H and O–H groups in total. The van der Waals surface area contributed by atoms with E-state index in [2.05, 4.69) is 9.97 Å². The lowest BCUT2D eigenvalue weighted by Crippen LogP contribution is -2.17. The number of amides is 1. The van der Waals surface area contributed by atoms with Crippen LogP contribution in [0.25, 0.3) is 22.4 Å². The first-order valence-electron chi connectivity index (χ1n) is 9.07. The second-order valence-electron chi connectivity index (χ2n) is 6.95. The van der Waals surface area contributed by atoms with E-state index < -0.39 is 29.4 Å². The fraction of sp³-hybridized carbons (Fsp3) is 0.182. The van der Waals surface area contributed by atoms with E-state index in [9.17, 15) is 18.4 Å². The number of halogens is 2. The van der Waals surface area contributed by atoms with Crippen LogP contribution in [0.5, 0.6) is 0 Å². The van der Waals surface area contributed by atoms with E-state index in [0.717, 1.165) is 12.1 Å². The molecule has 0 aliphatic carbocycles. The minimum atomic E-state index is -1.17. The number of carbonyl (C=O) groups excluding carboxylic acids is 1. The third kappa shape index (κ3) is 3.89. The van der Waals surface area contributed by atoms with Crippen LogP contribution in [0.3, 0.4) is 0 Å². The van der Waals surface area contributed by atoms with Gasteiger partial charge in [0.1, 0.15) is 17.3 Å². The minimum Gasteiger partial charge on any atom is -0.481 e. The largest absolute Gasteiger partial charge is 0.481 e. The van der Waals surface area contributed by atoms with Gasteiger partial charge in [-0.25, -0.2) is 13.8 Å². The molecular weight excluding hydrogens is 392 g/mol. The number of rotatable bonds is 5. The van der Waals surface area contributed by atoms with Crippen molar-refractivity contribution >= 4 is 11.9 Å². The van der Waals surface area contributed by atoms with Crippen LogP contribution in [0, 0.1) is 25.5 Å². The Morgan fingerprint density at radius 1 is 0.967 bits per heavy atom. The molecule has 0 radical (unpaired) electrons. The number of aryl methyl sites for hydroxylation is 2. The molecule has 6 nitrogen and oxygen atoms in total. The third-order valence-electron chi connectivity index (χ3n) is 4.86. The number of nitrogens with zero attached hydrogens (tertiary/aromatic N) is 2. The van der Waals surface area contributed by atoms with E-state index in [1.54, 1.807) is 26.0 Å². The van der Waals surface area contributed by atoms with Crippen molar-refractivity contribution in [3.05, 3.63) is 70.7 Å². The van der Waals surface area contributed by atoms with E-state index in [4.69, 9.17) is 10.8 Å². The molecule has 1 heterocycles. The van der Waals surface area contributed by atoms with Gasteiger partial charge in [-0.05, 0) is 44.0 Å². The quantitative estimate of drug-likeness (QED) is 0.660. The van der Waals surface area contributed by atoms with Gasteiger partial charge in [0.15, 0.2) is 0 Å². The molecule has 8 heteroatoms. The van der Waals surface area contributed by atoms with Crippen LogP contribution in [-0.4, -0.2) is 27.0 Å². The van der Waals surface area contributed by atoms with Crippen molar-refractivity contribution in [1.82, 2.24) is 9.97 Å². The van der Waals surface area contributed by atoms with E-state index >= 15 is 0 Å². The van der Waals surface area contributed by atoms with Crippen LogP contribution < -0.4 is 5.73 Å². The maximum absolute atomic E-state index is 14.6. The monoisotopic (exact) mass is 411 g/mol. The number of carboxylic acid groups (broad SMARTS) is 1. The molecule has 0 spiro atoms. The van der Waals surface area contributed by atoms with Crippen molar-refractivity contribution < 1.29 is 23.5 Å². The molecule has 30 heavy (non-hydrogen) atoms. The van der Waals surface area contributed by atoms with Gasteiger partial charge in [0.05, 0.1) is 28.6 Å². The predicted molar refractivity (Wildman–Crippen MR) is 107 cm³/mol. The first-order chi connectivity index (χ1) is 14.1. The van der Waals surface area contributed by atoms with Crippen LogP contribution >= 0.6 is 0 Å². The summed E-state index contributed by atoms with van der Waals surface area (Å²) in [7, 11) is 0. The number of primary amides is 1. The molecule has 3 aromatic rings. The summed E-state index contributed by atoms with van der Waals surface area (Å²) in [6.07, 6.45) is 0. The van der Waals surface area contributed by atoms with Gasteiger partial charge in [0.2, 0.25) is 0 Å². The van der Waals surface area contributed by atoms with Gasteiger partial charge < -0.3 is 10.8 Å². The number of aromatic nitrogens is 2. The second kappa shape index (κ2) is 7.98. The number of nitrogens with two attached hydrogens (primary N) is 1. The Hall–Kier alpha value is -3.68. The zero-order chi connectivity index (χ0) is 22.2. The Kier molecular flexibility index (Phi) is 5.60. The van der Waals surface area contributed by atoms with Crippen molar-refractivity contribution in [2.75, 3.05) is 0 Å². The highest BCUT2D eigenvalue weighted by molar-refractivity contribution is 5.92. The molecule has 154 valence electrons. The summed E-state index contributed by atoms with van der Waals surface area (Å²) >= 11 is 0. The first kappa shape index (κ1) is 21.0. The number of carbonyl (C=O) groups is 2. The van der Waals surface area contributed by atoms with Gasteiger partial charge in [0, 0.05) is 5.56 Å². The molecule has 0 fully saturated rings. The Morgan fingerprint density at radius 2 is 1.50 bits per heavy atom. The van der Waals surface area contributed by atoms with Gasteiger partial charge in [-0.1, -0.05) is 24.3 Å². The summed E-state index contributed by atoms with van der Waals surface area (Å²) < 4.78 is 29.2. The van der Waals surface area contributed by atoms with Crippen LogP contribution in [0.1, 0.15) is 40.3 Å². The van der Waals surface area contributed by atoms with Crippen molar-refractivity contribution in [2.24, 2.45) is 5.73 Å². The molecule has 2 aromatic carbocycles. The lowest BCUT2D eigenvalue weighted by molar-refractivity contribution is -0.138. The topological polar surface area (TPSA) is 106 Å². The zero-order valence-electron chi connectivity index (χ0n) is 16.5. The average Bonchev–Trinajstić information content (AvgIpc) is 2.67. The molecule has 0 bridgehead atoms. The molecule has 1 unspecified atom stereocenters. The summed E-state index contributed by atoms with van der Waals surface area (Å²) in [5.74, 6) is -4.61. The van der Waals surface area contributed by atoms with Crippen molar-refractivity contribution in [3.63, 3.8) is 0 Å². The normalized spacial score (nSPS) is 11.9. The molecule has 0 aliphatic heterocycles. The zero-order valence-corrected chi connectivity index (χ0v) is 16.5. The van der Waals surface area contributed by atoms with Gasteiger partial charge >= 0.3 is 5.97 Å². The fourth-order valence-corrected chi connectivity index (χ4v) is 3.19. The molecule has 0 saturated heterocycles. The van der Waals surface area contributed by atoms with Crippen molar-refractivity contribution in [2.45, 2.75) is 26.7 Å². The molecular formula is C22H19F2N3O3. The van der Waals surface area contributed by atoms with Crippen LogP contribution in [-0.2, 0) is 4.79 Å². The highest BCUT2D eigenvalue weighted by Crippen LogP contribution is 2.31. The Balaban J connectivity index is 2.02. The maximum Gasteiger partial charge on any atom is 0.310 e. The summed E-state index contributed by atoms with van der Waals surface area (Å²) in [4.78, 5) is 31.2. The van der Waals surface area contributed by atoms with E-state index in [-0.39, 0.29) is 22.4 Å². The lowest BCUT2D eigenvalue weighted by Gasteiger charge is -2.12. The van der Waals surface area contributed by atoms with Gasteiger partial charge in [0.25, 0.3) is 5.91 Å². The first-order valence-corrected chi connectivity index (χ1v) is 9.07. The van der Waals surface area contributed by atoms with Crippen LogP contribution in [0.4, 0.5) is 8.78 Å². The van der Waals surface area contributed by atoms with Gasteiger partial charge in [-0.2, -0.15) is 0 Å². The molecule has 0 aliphatic rings. The van der Waals surface area contributed by atoms with Crippen LogP contribution in [0.15, 0.2) is 36.4 Å². The maximum atomic E-state index is 14.6. The fourth-order valence-electron chi connectivity index (χ4n) is 3.19. The number of benzene rings is 2. The smallest absolute Gasteiger partial charge is 0.310 e. The van der Waals surface area contributed by atoms with E-state index in [1.807, 2.05) is 0 Å².